The van der Waals surface area contributed by atoms with Crippen LogP contribution in [0.1, 0.15) is 39.9 Å². The van der Waals surface area contributed by atoms with E-state index in [4.69, 9.17) is 5.11 Å². The fourth-order valence-corrected chi connectivity index (χ4v) is 2.28. The van der Waals surface area contributed by atoms with Gasteiger partial charge in [0.1, 0.15) is 0 Å². The average molecular weight is 263 g/mol. The van der Waals surface area contributed by atoms with E-state index >= 15 is 0 Å². The van der Waals surface area contributed by atoms with Gasteiger partial charge in [0.15, 0.2) is 0 Å². The van der Waals surface area contributed by atoms with Crippen LogP contribution in [0, 0.1) is 20.8 Å². The summed E-state index contributed by atoms with van der Waals surface area (Å²) in [5.74, 6) is -0.871. The van der Waals surface area contributed by atoms with Crippen LogP contribution < -0.4 is 0 Å². The second-order valence-electron chi connectivity index (χ2n) is 5.00. The van der Waals surface area contributed by atoms with Crippen LogP contribution in [-0.4, -0.2) is 35.5 Å². The Morgan fingerprint density at radius 1 is 1.16 bits per heavy atom. The smallest absolute Gasteiger partial charge is 0.303 e. The van der Waals surface area contributed by atoms with Crippen LogP contribution >= 0.6 is 0 Å². The lowest BCUT2D eigenvalue weighted by Gasteiger charge is -2.19. The lowest BCUT2D eigenvalue weighted by atomic mass is 9.99. The molecule has 1 aromatic carbocycles. The zero-order valence-electron chi connectivity index (χ0n) is 12.0. The van der Waals surface area contributed by atoms with Crippen LogP contribution in [0.5, 0.6) is 0 Å². The molecule has 1 rings (SSSR count). The van der Waals surface area contributed by atoms with Gasteiger partial charge in [0, 0.05) is 25.6 Å². The highest BCUT2D eigenvalue weighted by Crippen LogP contribution is 2.18. The van der Waals surface area contributed by atoms with Crippen molar-refractivity contribution in [2.45, 2.75) is 33.6 Å². The summed E-state index contributed by atoms with van der Waals surface area (Å²) < 4.78 is 0. The first-order chi connectivity index (χ1) is 8.82. The lowest BCUT2D eigenvalue weighted by molar-refractivity contribution is -0.137. The molecule has 104 valence electrons. The van der Waals surface area contributed by atoms with E-state index in [2.05, 4.69) is 0 Å². The lowest BCUT2D eigenvalue weighted by Crippen LogP contribution is -2.29. The molecule has 4 heteroatoms. The van der Waals surface area contributed by atoms with Gasteiger partial charge in [0.2, 0.25) is 0 Å². The third-order valence-electron chi connectivity index (χ3n) is 3.12. The molecule has 0 aliphatic carbocycles. The first-order valence-electron chi connectivity index (χ1n) is 6.38. The first-order valence-corrected chi connectivity index (χ1v) is 6.38. The van der Waals surface area contributed by atoms with Crippen molar-refractivity contribution in [3.05, 3.63) is 34.4 Å². The van der Waals surface area contributed by atoms with Gasteiger partial charge in [-0.3, -0.25) is 9.59 Å². The maximum Gasteiger partial charge on any atom is 0.303 e. The number of hydrogen-bond donors (Lipinski definition) is 1. The van der Waals surface area contributed by atoms with E-state index in [1.54, 1.807) is 11.9 Å². The van der Waals surface area contributed by atoms with Gasteiger partial charge in [0.25, 0.3) is 5.91 Å². The third-order valence-corrected chi connectivity index (χ3v) is 3.12. The summed E-state index contributed by atoms with van der Waals surface area (Å²) in [6.07, 6.45) is 0.561. The highest BCUT2D eigenvalue weighted by molar-refractivity contribution is 5.97. The molecule has 0 aliphatic heterocycles. The molecule has 0 aliphatic rings. The topological polar surface area (TPSA) is 57.6 Å². The average Bonchev–Trinajstić information content (AvgIpc) is 2.26. The minimum Gasteiger partial charge on any atom is -0.481 e. The van der Waals surface area contributed by atoms with Gasteiger partial charge < -0.3 is 10.0 Å². The van der Waals surface area contributed by atoms with Crippen molar-refractivity contribution in [3.8, 4) is 0 Å². The van der Waals surface area contributed by atoms with Gasteiger partial charge >= 0.3 is 5.97 Å². The standard InChI is InChI=1S/C15H21NO3/c1-10-8-11(2)14(12(3)9-10)15(19)16(4)7-5-6-13(17)18/h8-9H,5-7H2,1-4H3,(H,17,18). The molecule has 0 aromatic heterocycles. The van der Waals surface area contributed by atoms with Crippen LogP contribution in [0.4, 0.5) is 0 Å². The van der Waals surface area contributed by atoms with Crippen molar-refractivity contribution in [2.24, 2.45) is 0 Å². The third kappa shape index (κ3) is 4.09. The van der Waals surface area contributed by atoms with Crippen LogP contribution in [0.15, 0.2) is 12.1 Å². The SMILES string of the molecule is Cc1cc(C)c(C(=O)N(C)CCCC(=O)O)c(C)c1. The van der Waals surface area contributed by atoms with Gasteiger partial charge in [-0.1, -0.05) is 17.7 Å². The fourth-order valence-electron chi connectivity index (χ4n) is 2.28. The maximum absolute atomic E-state index is 12.4. The van der Waals surface area contributed by atoms with Crippen molar-refractivity contribution in [1.82, 2.24) is 4.90 Å². The summed E-state index contributed by atoms with van der Waals surface area (Å²) in [6, 6.07) is 3.98. The number of amides is 1. The number of aryl methyl sites for hydroxylation is 3. The van der Waals surface area contributed by atoms with E-state index in [1.165, 1.54) is 0 Å². The highest BCUT2D eigenvalue weighted by Gasteiger charge is 2.16. The number of benzene rings is 1. The monoisotopic (exact) mass is 263 g/mol. The molecule has 1 N–H and O–H groups in total. The number of rotatable bonds is 5. The summed E-state index contributed by atoms with van der Waals surface area (Å²) in [5.41, 5.74) is 3.80. The Morgan fingerprint density at radius 2 is 1.68 bits per heavy atom. The molecule has 0 unspecified atom stereocenters. The fraction of sp³-hybridized carbons (Fsp3) is 0.467. The summed E-state index contributed by atoms with van der Waals surface area (Å²) in [7, 11) is 1.71. The Labute approximate surface area is 114 Å². The Morgan fingerprint density at radius 3 is 2.16 bits per heavy atom. The van der Waals surface area contributed by atoms with Gasteiger partial charge in [-0.25, -0.2) is 0 Å². The Hall–Kier alpha value is -1.84. The molecular formula is C15H21NO3. The van der Waals surface area contributed by atoms with E-state index in [1.807, 2.05) is 32.9 Å². The van der Waals surface area contributed by atoms with Crippen molar-refractivity contribution in [2.75, 3.05) is 13.6 Å². The predicted molar refractivity (Wildman–Crippen MR) is 74.5 cm³/mol. The van der Waals surface area contributed by atoms with Gasteiger partial charge in [-0.15, -0.1) is 0 Å². The molecule has 0 bridgehead atoms. The quantitative estimate of drug-likeness (QED) is 0.888. The number of carbonyl (C=O) groups excluding carboxylic acids is 1. The second-order valence-corrected chi connectivity index (χ2v) is 5.00. The number of aliphatic carboxylic acids is 1. The highest BCUT2D eigenvalue weighted by atomic mass is 16.4. The summed E-state index contributed by atoms with van der Waals surface area (Å²) in [5, 5.41) is 8.60. The molecule has 0 atom stereocenters. The zero-order valence-corrected chi connectivity index (χ0v) is 12.0. The van der Waals surface area contributed by atoms with Crippen LogP contribution in [0.3, 0.4) is 0 Å². The Balaban J connectivity index is 2.80. The van der Waals surface area contributed by atoms with Crippen molar-refractivity contribution in [1.29, 1.82) is 0 Å². The van der Waals surface area contributed by atoms with Crippen molar-refractivity contribution >= 4 is 11.9 Å². The largest absolute Gasteiger partial charge is 0.481 e. The normalized spacial score (nSPS) is 10.3. The Bertz CT molecular complexity index is 471. The number of carboxylic acids is 1. The molecule has 0 radical (unpaired) electrons. The summed E-state index contributed by atoms with van der Waals surface area (Å²) >= 11 is 0. The first kappa shape index (κ1) is 15.2. The van der Waals surface area contributed by atoms with Crippen LogP contribution in [0.25, 0.3) is 0 Å². The van der Waals surface area contributed by atoms with E-state index < -0.39 is 5.97 Å². The molecule has 1 amide bonds. The Kier molecular flexibility index (Phi) is 5.10. The number of carbonyl (C=O) groups is 2. The van der Waals surface area contributed by atoms with Gasteiger partial charge in [-0.05, 0) is 38.3 Å². The summed E-state index contributed by atoms with van der Waals surface area (Å²) in [4.78, 5) is 24.4. The predicted octanol–water partition coefficient (Wildman–Crippen LogP) is 2.55. The molecule has 0 saturated carbocycles. The van der Waals surface area contributed by atoms with Crippen molar-refractivity contribution < 1.29 is 14.7 Å². The maximum atomic E-state index is 12.4. The number of hydrogen-bond acceptors (Lipinski definition) is 2. The second kappa shape index (κ2) is 6.36. The summed E-state index contributed by atoms with van der Waals surface area (Å²) in [6.45, 7) is 6.32. The zero-order chi connectivity index (χ0) is 14.6. The van der Waals surface area contributed by atoms with E-state index in [0.29, 0.717) is 13.0 Å². The van der Waals surface area contributed by atoms with E-state index in [-0.39, 0.29) is 12.3 Å². The van der Waals surface area contributed by atoms with Crippen molar-refractivity contribution in [3.63, 3.8) is 0 Å². The van der Waals surface area contributed by atoms with Gasteiger partial charge in [0.05, 0.1) is 0 Å². The van der Waals surface area contributed by atoms with E-state index in [9.17, 15) is 9.59 Å². The molecule has 1 aromatic rings. The number of nitrogens with zero attached hydrogens (tertiary/aromatic N) is 1. The van der Waals surface area contributed by atoms with Crippen LogP contribution in [-0.2, 0) is 4.79 Å². The molecule has 0 spiro atoms. The molecule has 0 heterocycles. The number of carboxylic acid groups (broad SMARTS) is 1. The minimum atomic E-state index is -0.830. The minimum absolute atomic E-state index is 0.0413. The van der Waals surface area contributed by atoms with Crippen LogP contribution in [0.2, 0.25) is 0 Å². The van der Waals surface area contributed by atoms with E-state index in [0.717, 1.165) is 22.3 Å². The molecule has 0 saturated heterocycles. The van der Waals surface area contributed by atoms with Gasteiger partial charge in [-0.2, -0.15) is 0 Å². The molecule has 0 fully saturated rings. The molecular weight excluding hydrogens is 242 g/mol. The molecule has 4 nitrogen and oxygen atoms in total. The molecule has 19 heavy (non-hydrogen) atoms.